The molecule has 7 heteroatoms. The molecule has 33 heavy (non-hydrogen) atoms. The van der Waals surface area contributed by atoms with Crippen molar-refractivity contribution in [3.05, 3.63) is 57.7 Å². The molecule has 3 rings (SSSR count). The summed E-state index contributed by atoms with van der Waals surface area (Å²) in [5.74, 6) is -2.21. The molecule has 0 saturated heterocycles. The number of phenols is 2. The lowest BCUT2D eigenvalue weighted by molar-refractivity contribution is -0.112. The molecule has 0 unspecified atom stereocenters. The molecule has 5 N–H and O–H groups in total. The van der Waals surface area contributed by atoms with E-state index in [2.05, 4.69) is 11.9 Å². The highest BCUT2D eigenvalue weighted by Crippen LogP contribution is 2.45. The van der Waals surface area contributed by atoms with Crippen LogP contribution in [0.2, 0.25) is 0 Å². The van der Waals surface area contributed by atoms with Crippen molar-refractivity contribution in [2.75, 3.05) is 11.1 Å². The summed E-state index contributed by atoms with van der Waals surface area (Å²) in [5.41, 5.74) is 6.71. The zero-order valence-electron chi connectivity index (χ0n) is 19.6. The van der Waals surface area contributed by atoms with E-state index in [1.165, 1.54) is 19.1 Å². The van der Waals surface area contributed by atoms with Gasteiger partial charge in [-0.15, -0.1) is 0 Å². The molecule has 0 saturated carbocycles. The first-order valence-corrected chi connectivity index (χ1v) is 10.9. The van der Waals surface area contributed by atoms with Crippen LogP contribution in [0.3, 0.4) is 0 Å². The maximum atomic E-state index is 13.6. The van der Waals surface area contributed by atoms with E-state index in [4.69, 9.17) is 5.73 Å². The van der Waals surface area contributed by atoms with Gasteiger partial charge in [-0.1, -0.05) is 34.3 Å². The summed E-state index contributed by atoms with van der Waals surface area (Å²) in [6, 6.07) is 3.01. The zero-order chi connectivity index (χ0) is 24.8. The third-order valence-corrected chi connectivity index (χ3v) is 5.59. The number of ketones is 2. The van der Waals surface area contributed by atoms with E-state index < -0.39 is 17.5 Å². The minimum atomic E-state index is -0.705. The van der Waals surface area contributed by atoms with E-state index in [0.717, 1.165) is 0 Å². The van der Waals surface area contributed by atoms with E-state index in [0.29, 0.717) is 24.0 Å². The number of rotatable bonds is 6. The second-order valence-corrected chi connectivity index (χ2v) is 9.49. The second kappa shape index (κ2) is 8.73. The quantitative estimate of drug-likeness (QED) is 0.251. The second-order valence-electron chi connectivity index (χ2n) is 9.49. The maximum absolute atomic E-state index is 13.6. The number of carbonyl (C=O) groups is 3. The number of nitrogens with two attached hydrogens (primary N) is 1. The SMILES string of the molecule is C=C(C)C(=O)Nc1cc(CC(C)C)c(O)c2c1C(=O)c1c(N)cc(CC(C)C)c(O)c1C2=O. The van der Waals surface area contributed by atoms with Gasteiger partial charge in [0.15, 0.2) is 5.78 Å². The first-order valence-electron chi connectivity index (χ1n) is 10.9. The van der Waals surface area contributed by atoms with Gasteiger partial charge in [-0.2, -0.15) is 0 Å². The minimum absolute atomic E-state index is 0.0605. The summed E-state index contributed by atoms with van der Waals surface area (Å²) >= 11 is 0. The Balaban J connectivity index is 2.34. The van der Waals surface area contributed by atoms with Gasteiger partial charge in [0.2, 0.25) is 5.78 Å². The third kappa shape index (κ3) is 4.23. The van der Waals surface area contributed by atoms with Crippen molar-refractivity contribution in [3.8, 4) is 11.5 Å². The molecule has 2 aromatic rings. The van der Waals surface area contributed by atoms with Crippen molar-refractivity contribution >= 4 is 28.8 Å². The summed E-state index contributed by atoms with van der Waals surface area (Å²) in [6.45, 7) is 12.9. The molecule has 0 heterocycles. The topological polar surface area (TPSA) is 130 Å². The minimum Gasteiger partial charge on any atom is -0.507 e. The molecule has 0 spiro atoms. The number of hydrogen-bond acceptors (Lipinski definition) is 6. The van der Waals surface area contributed by atoms with Crippen LogP contribution in [0.1, 0.15) is 77.6 Å². The fraction of sp³-hybridized carbons (Fsp3) is 0.346. The average Bonchev–Trinajstić information content (AvgIpc) is 2.69. The number of phenolic OH excluding ortho intramolecular Hbond substituents is 2. The van der Waals surface area contributed by atoms with Crippen LogP contribution < -0.4 is 11.1 Å². The van der Waals surface area contributed by atoms with E-state index in [1.807, 2.05) is 27.7 Å². The van der Waals surface area contributed by atoms with Gasteiger partial charge in [-0.3, -0.25) is 14.4 Å². The molecular formula is C26H30N2O5. The van der Waals surface area contributed by atoms with Crippen LogP contribution in [-0.4, -0.2) is 27.7 Å². The van der Waals surface area contributed by atoms with Crippen LogP contribution in [0.15, 0.2) is 24.3 Å². The lowest BCUT2D eigenvalue weighted by Crippen LogP contribution is -2.26. The molecule has 174 valence electrons. The number of benzene rings is 2. The standard InChI is InChI=1S/C26H30N2O5/c1-11(2)7-14-9-16(27)18-20(22(14)29)25(32)21-19(24(18)31)17(28-26(33)13(5)6)10-15(23(21)30)8-12(3)4/h9-12,29-30H,5,7-8,27H2,1-4,6H3,(H,28,33). The molecular weight excluding hydrogens is 420 g/mol. The predicted molar refractivity (Wildman–Crippen MR) is 128 cm³/mol. The molecule has 0 bridgehead atoms. The smallest absolute Gasteiger partial charge is 0.250 e. The summed E-state index contributed by atoms with van der Waals surface area (Å²) < 4.78 is 0. The lowest BCUT2D eigenvalue weighted by atomic mass is 9.78. The van der Waals surface area contributed by atoms with Crippen molar-refractivity contribution in [2.24, 2.45) is 11.8 Å². The van der Waals surface area contributed by atoms with E-state index >= 15 is 0 Å². The van der Waals surface area contributed by atoms with Gasteiger partial charge >= 0.3 is 0 Å². The summed E-state index contributed by atoms with van der Waals surface area (Å²) in [5, 5.41) is 24.6. The number of nitrogens with one attached hydrogen (secondary N) is 1. The Hall–Kier alpha value is -3.61. The van der Waals surface area contributed by atoms with Crippen LogP contribution in [0.4, 0.5) is 11.4 Å². The highest BCUT2D eigenvalue weighted by atomic mass is 16.3. The first kappa shape index (κ1) is 24.0. The van der Waals surface area contributed by atoms with Gasteiger partial charge in [0.1, 0.15) is 11.5 Å². The predicted octanol–water partition coefficient (Wildman–Crippen LogP) is 4.37. The molecule has 0 aromatic heterocycles. The van der Waals surface area contributed by atoms with Crippen LogP contribution in [0.25, 0.3) is 0 Å². The van der Waals surface area contributed by atoms with Gasteiger partial charge in [0.25, 0.3) is 5.91 Å². The molecule has 2 aromatic carbocycles. The van der Waals surface area contributed by atoms with E-state index in [1.54, 1.807) is 0 Å². The molecule has 1 aliphatic rings. The maximum Gasteiger partial charge on any atom is 0.250 e. The van der Waals surface area contributed by atoms with E-state index in [9.17, 15) is 24.6 Å². The Morgan fingerprint density at radius 3 is 1.85 bits per heavy atom. The van der Waals surface area contributed by atoms with Gasteiger partial charge in [-0.25, -0.2) is 0 Å². The van der Waals surface area contributed by atoms with Crippen LogP contribution in [-0.2, 0) is 17.6 Å². The van der Waals surface area contributed by atoms with E-state index in [-0.39, 0.29) is 62.5 Å². The van der Waals surface area contributed by atoms with Gasteiger partial charge < -0.3 is 21.3 Å². The Kier molecular flexibility index (Phi) is 6.36. The molecule has 0 radical (unpaired) electrons. The fourth-order valence-corrected chi connectivity index (χ4v) is 4.17. The Morgan fingerprint density at radius 2 is 1.36 bits per heavy atom. The molecule has 1 aliphatic carbocycles. The average molecular weight is 451 g/mol. The number of fused-ring (bicyclic) bond motifs is 2. The third-order valence-electron chi connectivity index (χ3n) is 5.59. The number of aromatic hydroxyl groups is 2. The molecule has 0 atom stereocenters. The Labute approximate surface area is 193 Å². The number of nitrogen functional groups attached to an aromatic ring is 1. The normalized spacial score (nSPS) is 12.7. The number of amides is 1. The summed E-state index contributed by atoms with van der Waals surface area (Å²) in [7, 11) is 0. The van der Waals surface area contributed by atoms with Crippen molar-refractivity contribution in [2.45, 2.75) is 47.5 Å². The van der Waals surface area contributed by atoms with Crippen LogP contribution in [0.5, 0.6) is 11.5 Å². The summed E-state index contributed by atoms with van der Waals surface area (Å²) in [4.78, 5) is 39.6. The molecule has 1 amide bonds. The van der Waals surface area contributed by atoms with Crippen LogP contribution in [0, 0.1) is 11.8 Å². The monoisotopic (exact) mass is 450 g/mol. The number of hydrogen-bond donors (Lipinski definition) is 4. The number of anilines is 2. The van der Waals surface area contributed by atoms with Crippen molar-refractivity contribution < 1.29 is 24.6 Å². The van der Waals surface area contributed by atoms with Crippen LogP contribution >= 0.6 is 0 Å². The molecule has 7 nitrogen and oxygen atoms in total. The summed E-state index contributed by atoms with van der Waals surface area (Å²) in [6.07, 6.45) is 0.863. The van der Waals surface area contributed by atoms with Crippen molar-refractivity contribution in [3.63, 3.8) is 0 Å². The Bertz CT molecular complexity index is 1210. The van der Waals surface area contributed by atoms with Gasteiger partial charge in [0, 0.05) is 11.3 Å². The Morgan fingerprint density at radius 1 is 0.909 bits per heavy atom. The number of carbonyl (C=O) groups excluding carboxylic acids is 3. The highest BCUT2D eigenvalue weighted by Gasteiger charge is 2.39. The van der Waals surface area contributed by atoms with Crippen molar-refractivity contribution in [1.82, 2.24) is 0 Å². The largest absolute Gasteiger partial charge is 0.507 e. The van der Waals surface area contributed by atoms with Gasteiger partial charge in [0.05, 0.1) is 27.9 Å². The zero-order valence-corrected chi connectivity index (χ0v) is 19.6. The molecule has 0 aliphatic heterocycles. The molecule has 0 fully saturated rings. The lowest BCUT2D eigenvalue weighted by Gasteiger charge is -2.26. The fourth-order valence-electron chi connectivity index (χ4n) is 4.17. The highest BCUT2D eigenvalue weighted by molar-refractivity contribution is 6.34. The van der Waals surface area contributed by atoms with Gasteiger partial charge in [-0.05, 0) is 54.9 Å². The van der Waals surface area contributed by atoms with Crippen molar-refractivity contribution in [1.29, 1.82) is 0 Å². The first-order chi connectivity index (χ1) is 15.3.